The van der Waals surface area contributed by atoms with E-state index in [1.807, 2.05) is 11.8 Å². The average molecular weight is 314 g/mol. The summed E-state index contributed by atoms with van der Waals surface area (Å²) in [6.07, 6.45) is 3.71. The highest BCUT2D eigenvalue weighted by molar-refractivity contribution is 5.84. The van der Waals surface area contributed by atoms with Gasteiger partial charge in [-0.15, -0.1) is 0 Å². The Kier molecular flexibility index (Phi) is 4.69. The highest BCUT2D eigenvalue weighted by Crippen LogP contribution is 2.39. The molecule has 1 saturated carbocycles. The van der Waals surface area contributed by atoms with Crippen LogP contribution in [0.2, 0.25) is 0 Å². The van der Waals surface area contributed by atoms with E-state index in [1.165, 1.54) is 11.1 Å². The summed E-state index contributed by atoms with van der Waals surface area (Å²) < 4.78 is 0. The zero-order valence-corrected chi connectivity index (χ0v) is 14.0. The molecule has 2 atom stereocenters. The van der Waals surface area contributed by atoms with E-state index in [0.717, 1.165) is 25.7 Å². The predicted octanol–water partition coefficient (Wildman–Crippen LogP) is 2.82. The van der Waals surface area contributed by atoms with Gasteiger partial charge in [-0.3, -0.25) is 9.59 Å². The van der Waals surface area contributed by atoms with Crippen LogP contribution in [0.1, 0.15) is 49.8 Å². The number of amides is 2. The fourth-order valence-electron chi connectivity index (χ4n) is 3.54. The fourth-order valence-corrected chi connectivity index (χ4v) is 3.54. The quantitative estimate of drug-likeness (QED) is 0.929. The van der Waals surface area contributed by atoms with Gasteiger partial charge in [-0.2, -0.15) is 0 Å². The van der Waals surface area contributed by atoms with E-state index in [4.69, 9.17) is 0 Å². The molecule has 2 fully saturated rings. The van der Waals surface area contributed by atoms with Crippen molar-refractivity contribution >= 4 is 11.8 Å². The number of nitrogens with zero attached hydrogens (tertiary/aromatic N) is 1. The van der Waals surface area contributed by atoms with Crippen LogP contribution in [0.3, 0.4) is 0 Å². The van der Waals surface area contributed by atoms with Crippen molar-refractivity contribution in [3.63, 3.8) is 0 Å². The van der Waals surface area contributed by atoms with E-state index in [9.17, 15) is 9.59 Å². The molecule has 2 amide bonds. The molecule has 0 aromatic heterocycles. The highest BCUT2D eigenvalue weighted by Gasteiger charge is 2.41. The standard InChI is InChI=1S/C19H26N2O2/c1-3-20-18(22)16-9-10-17(15-6-4-5-13(2)11-15)21(12-16)19(23)14-7-8-14/h4-6,11,14,16-17H,3,7-10,12H2,1-2H3,(H,20,22)/t16-,17+/m0/s1. The van der Waals surface area contributed by atoms with Crippen LogP contribution in [0.15, 0.2) is 24.3 Å². The van der Waals surface area contributed by atoms with Crippen molar-refractivity contribution in [2.24, 2.45) is 11.8 Å². The Morgan fingerprint density at radius 2 is 1.91 bits per heavy atom. The average Bonchev–Trinajstić information content (AvgIpc) is 3.39. The molecule has 1 aliphatic heterocycles. The lowest BCUT2D eigenvalue weighted by Crippen LogP contribution is -2.47. The summed E-state index contributed by atoms with van der Waals surface area (Å²) in [5.41, 5.74) is 2.42. The minimum Gasteiger partial charge on any atom is -0.356 e. The molecule has 1 heterocycles. The summed E-state index contributed by atoms with van der Waals surface area (Å²) in [7, 11) is 0. The Bertz CT molecular complexity index is 595. The molecule has 1 aromatic carbocycles. The van der Waals surface area contributed by atoms with Crippen LogP contribution in [0.25, 0.3) is 0 Å². The number of likely N-dealkylation sites (tertiary alicyclic amines) is 1. The summed E-state index contributed by atoms with van der Waals surface area (Å²) in [5, 5.41) is 2.91. The van der Waals surface area contributed by atoms with Crippen LogP contribution in [0.4, 0.5) is 0 Å². The molecular formula is C19H26N2O2. The van der Waals surface area contributed by atoms with Crippen molar-refractivity contribution in [2.45, 2.75) is 45.6 Å². The molecule has 2 aliphatic rings. The van der Waals surface area contributed by atoms with Gasteiger partial charge in [0.1, 0.15) is 0 Å². The van der Waals surface area contributed by atoms with Gasteiger partial charge in [-0.05, 0) is 45.1 Å². The molecule has 1 aliphatic carbocycles. The van der Waals surface area contributed by atoms with E-state index in [-0.39, 0.29) is 29.7 Å². The highest BCUT2D eigenvalue weighted by atomic mass is 16.2. The Morgan fingerprint density at radius 3 is 2.57 bits per heavy atom. The van der Waals surface area contributed by atoms with Gasteiger partial charge in [-0.1, -0.05) is 29.8 Å². The maximum absolute atomic E-state index is 12.7. The maximum Gasteiger partial charge on any atom is 0.226 e. The van der Waals surface area contributed by atoms with Gasteiger partial charge < -0.3 is 10.2 Å². The maximum atomic E-state index is 12.7. The zero-order valence-electron chi connectivity index (χ0n) is 14.0. The second-order valence-electron chi connectivity index (χ2n) is 6.86. The molecule has 3 rings (SSSR count). The first-order valence-electron chi connectivity index (χ1n) is 8.75. The molecule has 1 aromatic rings. The van der Waals surface area contributed by atoms with Crippen LogP contribution in [-0.4, -0.2) is 29.8 Å². The van der Waals surface area contributed by atoms with Gasteiger partial charge in [-0.25, -0.2) is 0 Å². The fraction of sp³-hybridized carbons (Fsp3) is 0.579. The Balaban J connectivity index is 1.81. The lowest BCUT2D eigenvalue weighted by Gasteiger charge is -2.39. The van der Waals surface area contributed by atoms with Crippen molar-refractivity contribution in [1.82, 2.24) is 10.2 Å². The third-order valence-electron chi connectivity index (χ3n) is 4.94. The van der Waals surface area contributed by atoms with Gasteiger partial charge in [0, 0.05) is 19.0 Å². The molecule has 1 N–H and O–H groups in total. The number of carbonyl (C=O) groups excluding carboxylic acids is 2. The topological polar surface area (TPSA) is 49.4 Å². The summed E-state index contributed by atoms with van der Waals surface area (Å²) >= 11 is 0. The number of nitrogens with one attached hydrogen (secondary N) is 1. The van der Waals surface area contributed by atoms with Crippen molar-refractivity contribution in [1.29, 1.82) is 0 Å². The van der Waals surface area contributed by atoms with Crippen molar-refractivity contribution in [3.05, 3.63) is 35.4 Å². The van der Waals surface area contributed by atoms with Crippen LogP contribution >= 0.6 is 0 Å². The minimum absolute atomic E-state index is 0.0706. The molecule has 124 valence electrons. The molecule has 0 radical (unpaired) electrons. The summed E-state index contributed by atoms with van der Waals surface area (Å²) in [4.78, 5) is 26.9. The SMILES string of the molecule is CCNC(=O)[C@H]1CC[C@H](c2cccc(C)c2)N(C(=O)C2CC2)C1. The summed E-state index contributed by atoms with van der Waals surface area (Å²) in [6.45, 7) is 5.22. The number of benzene rings is 1. The number of carbonyl (C=O) groups is 2. The Hall–Kier alpha value is -1.84. The van der Waals surface area contributed by atoms with Gasteiger partial charge in [0.05, 0.1) is 12.0 Å². The van der Waals surface area contributed by atoms with E-state index in [1.54, 1.807) is 0 Å². The first-order chi connectivity index (χ1) is 11.1. The second kappa shape index (κ2) is 6.73. The minimum atomic E-state index is -0.0706. The first-order valence-corrected chi connectivity index (χ1v) is 8.75. The third-order valence-corrected chi connectivity index (χ3v) is 4.94. The van der Waals surface area contributed by atoms with Crippen LogP contribution in [0, 0.1) is 18.8 Å². The third kappa shape index (κ3) is 3.57. The number of aryl methyl sites for hydroxylation is 1. The van der Waals surface area contributed by atoms with E-state index in [0.29, 0.717) is 13.1 Å². The zero-order chi connectivity index (χ0) is 16.4. The second-order valence-corrected chi connectivity index (χ2v) is 6.86. The molecule has 4 heteroatoms. The van der Waals surface area contributed by atoms with Crippen molar-refractivity contribution in [2.75, 3.05) is 13.1 Å². The smallest absolute Gasteiger partial charge is 0.226 e. The van der Waals surface area contributed by atoms with Crippen LogP contribution in [0.5, 0.6) is 0 Å². The lowest BCUT2D eigenvalue weighted by atomic mass is 9.87. The normalized spacial score (nSPS) is 24.3. The summed E-state index contributed by atoms with van der Waals surface area (Å²) in [5.74, 6) is 0.447. The van der Waals surface area contributed by atoms with Gasteiger partial charge >= 0.3 is 0 Å². The van der Waals surface area contributed by atoms with Crippen LogP contribution in [-0.2, 0) is 9.59 Å². The monoisotopic (exact) mass is 314 g/mol. The predicted molar refractivity (Wildman–Crippen MR) is 89.8 cm³/mol. The molecule has 1 saturated heterocycles. The van der Waals surface area contributed by atoms with E-state index in [2.05, 4.69) is 36.5 Å². The number of hydrogen-bond acceptors (Lipinski definition) is 2. The van der Waals surface area contributed by atoms with Gasteiger partial charge in [0.25, 0.3) is 0 Å². The molecule has 4 nitrogen and oxygen atoms in total. The Labute approximate surface area is 138 Å². The largest absolute Gasteiger partial charge is 0.356 e. The van der Waals surface area contributed by atoms with E-state index < -0.39 is 0 Å². The lowest BCUT2D eigenvalue weighted by molar-refractivity contribution is -0.140. The summed E-state index contributed by atoms with van der Waals surface area (Å²) in [6, 6.07) is 8.53. The molecular weight excluding hydrogens is 288 g/mol. The van der Waals surface area contributed by atoms with Crippen LogP contribution < -0.4 is 5.32 Å². The van der Waals surface area contributed by atoms with Gasteiger partial charge in [0.2, 0.25) is 11.8 Å². The van der Waals surface area contributed by atoms with E-state index >= 15 is 0 Å². The number of hydrogen-bond donors (Lipinski definition) is 1. The van der Waals surface area contributed by atoms with Gasteiger partial charge in [0.15, 0.2) is 0 Å². The first kappa shape index (κ1) is 16.0. The molecule has 23 heavy (non-hydrogen) atoms. The Morgan fingerprint density at radius 1 is 1.17 bits per heavy atom. The molecule has 0 spiro atoms. The molecule has 0 bridgehead atoms. The number of piperidine rings is 1. The van der Waals surface area contributed by atoms with Crippen molar-refractivity contribution in [3.8, 4) is 0 Å². The molecule has 0 unspecified atom stereocenters. The van der Waals surface area contributed by atoms with Crippen molar-refractivity contribution < 1.29 is 9.59 Å². The number of rotatable bonds is 4.